The van der Waals surface area contributed by atoms with Gasteiger partial charge in [0.15, 0.2) is 0 Å². The summed E-state index contributed by atoms with van der Waals surface area (Å²) in [5.41, 5.74) is 0.578. The normalized spacial score (nSPS) is 15.6. The molecule has 0 aliphatic carbocycles. The van der Waals surface area contributed by atoms with Crippen LogP contribution in [0.15, 0.2) is 4.99 Å². The Bertz CT molecular complexity index is 213. The van der Waals surface area contributed by atoms with Crippen LogP contribution in [0.2, 0.25) is 0 Å². The standard InChI is InChI=1S/C10H19NO2/c1-6-8(7(2)9(12)13)11-10(3,4)5/h7H,6H2,1-5H3,(H,12,13). The van der Waals surface area contributed by atoms with Gasteiger partial charge in [0.2, 0.25) is 0 Å². The Balaban J connectivity index is 4.70. The highest BCUT2D eigenvalue weighted by molar-refractivity contribution is 6.01. The van der Waals surface area contributed by atoms with Crippen molar-refractivity contribution >= 4 is 11.7 Å². The quantitative estimate of drug-likeness (QED) is 0.686. The number of carbonyl (C=O) groups is 1. The van der Waals surface area contributed by atoms with Gasteiger partial charge in [-0.1, -0.05) is 6.92 Å². The first-order valence-electron chi connectivity index (χ1n) is 4.59. The molecule has 0 saturated carbocycles. The van der Waals surface area contributed by atoms with E-state index in [1.807, 2.05) is 27.7 Å². The second kappa shape index (κ2) is 4.40. The van der Waals surface area contributed by atoms with Gasteiger partial charge in [-0.3, -0.25) is 9.79 Å². The van der Waals surface area contributed by atoms with Crippen molar-refractivity contribution in [3.63, 3.8) is 0 Å². The Hall–Kier alpha value is -0.860. The van der Waals surface area contributed by atoms with E-state index >= 15 is 0 Å². The molecular weight excluding hydrogens is 166 g/mol. The Morgan fingerprint density at radius 2 is 1.92 bits per heavy atom. The minimum Gasteiger partial charge on any atom is -0.481 e. The van der Waals surface area contributed by atoms with E-state index in [2.05, 4.69) is 4.99 Å². The van der Waals surface area contributed by atoms with E-state index in [-0.39, 0.29) is 5.54 Å². The average Bonchev–Trinajstić information content (AvgIpc) is 1.97. The van der Waals surface area contributed by atoms with Crippen molar-refractivity contribution in [2.24, 2.45) is 10.9 Å². The van der Waals surface area contributed by atoms with Gasteiger partial charge in [-0.2, -0.15) is 0 Å². The van der Waals surface area contributed by atoms with Crippen LogP contribution in [0.4, 0.5) is 0 Å². The van der Waals surface area contributed by atoms with Crippen LogP contribution in [0.3, 0.4) is 0 Å². The smallest absolute Gasteiger partial charge is 0.311 e. The summed E-state index contributed by atoms with van der Waals surface area (Å²) in [6.07, 6.45) is 0.699. The summed E-state index contributed by atoms with van der Waals surface area (Å²) in [5, 5.41) is 8.80. The zero-order chi connectivity index (χ0) is 10.6. The number of carboxylic acids is 1. The molecule has 0 fully saturated rings. The van der Waals surface area contributed by atoms with Gasteiger partial charge in [0.05, 0.1) is 11.5 Å². The third-order valence-corrected chi connectivity index (χ3v) is 1.71. The van der Waals surface area contributed by atoms with Crippen molar-refractivity contribution in [3.05, 3.63) is 0 Å². The summed E-state index contributed by atoms with van der Waals surface area (Å²) < 4.78 is 0. The lowest BCUT2D eigenvalue weighted by atomic mass is 10.0. The molecule has 0 rings (SSSR count). The zero-order valence-corrected chi connectivity index (χ0v) is 9.09. The van der Waals surface area contributed by atoms with Crippen LogP contribution in [0, 0.1) is 5.92 Å². The number of hydrogen-bond donors (Lipinski definition) is 1. The summed E-state index contributed by atoms with van der Waals surface area (Å²) in [4.78, 5) is 15.1. The van der Waals surface area contributed by atoms with Crippen molar-refractivity contribution in [1.29, 1.82) is 0 Å². The molecule has 0 saturated heterocycles. The number of carboxylic acid groups (broad SMARTS) is 1. The lowest BCUT2D eigenvalue weighted by Gasteiger charge is -2.17. The predicted octanol–water partition coefficient (Wildman–Crippen LogP) is 2.36. The Morgan fingerprint density at radius 1 is 1.46 bits per heavy atom. The Labute approximate surface area is 79.9 Å². The maximum absolute atomic E-state index is 10.7. The third-order valence-electron chi connectivity index (χ3n) is 1.71. The molecule has 1 unspecified atom stereocenters. The molecule has 13 heavy (non-hydrogen) atoms. The first-order chi connectivity index (χ1) is 5.78. The maximum atomic E-state index is 10.7. The summed E-state index contributed by atoms with van der Waals surface area (Å²) >= 11 is 0. The second-order valence-corrected chi connectivity index (χ2v) is 4.19. The molecule has 76 valence electrons. The van der Waals surface area contributed by atoms with Crippen LogP contribution < -0.4 is 0 Å². The molecule has 0 aromatic heterocycles. The molecule has 1 atom stereocenters. The SMILES string of the molecule is CCC(=NC(C)(C)C)C(C)C(=O)O. The van der Waals surface area contributed by atoms with E-state index in [1.54, 1.807) is 6.92 Å². The fourth-order valence-electron chi connectivity index (χ4n) is 1.06. The highest BCUT2D eigenvalue weighted by Gasteiger charge is 2.19. The Morgan fingerprint density at radius 3 is 2.15 bits per heavy atom. The number of aliphatic carboxylic acids is 1. The van der Waals surface area contributed by atoms with Gasteiger partial charge in [-0.15, -0.1) is 0 Å². The van der Waals surface area contributed by atoms with Crippen LogP contribution in [-0.2, 0) is 4.79 Å². The summed E-state index contributed by atoms with van der Waals surface area (Å²) in [5.74, 6) is -1.27. The maximum Gasteiger partial charge on any atom is 0.311 e. The highest BCUT2D eigenvalue weighted by atomic mass is 16.4. The van der Waals surface area contributed by atoms with E-state index in [0.29, 0.717) is 6.42 Å². The number of rotatable bonds is 3. The summed E-state index contributed by atoms with van der Waals surface area (Å²) in [6, 6.07) is 0. The first kappa shape index (κ1) is 12.1. The van der Waals surface area contributed by atoms with Crippen LogP contribution >= 0.6 is 0 Å². The van der Waals surface area contributed by atoms with E-state index in [1.165, 1.54) is 0 Å². The minimum absolute atomic E-state index is 0.185. The molecule has 3 heteroatoms. The van der Waals surface area contributed by atoms with Gasteiger partial charge in [0.1, 0.15) is 0 Å². The van der Waals surface area contributed by atoms with Crippen LogP contribution in [-0.4, -0.2) is 22.3 Å². The fourth-order valence-corrected chi connectivity index (χ4v) is 1.06. The highest BCUT2D eigenvalue weighted by Crippen LogP contribution is 2.12. The van der Waals surface area contributed by atoms with Gasteiger partial charge < -0.3 is 5.11 Å². The first-order valence-corrected chi connectivity index (χ1v) is 4.59. The monoisotopic (exact) mass is 185 g/mol. The van der Waals surface area contributed by atoms with E-state index < -0.39 is 11.9 Å². The van der Waals surface area contributed by atoms with Crippen LogP contribution in [0.25, 0.3) is 0 Å². The molecule has 0 aliphatic rings. The molecule has 0 radical (unpaired) electrons. The van der Waals surface area contributed by atoms with Crippen molar-refractivity contribution in [1.82, 2.24) is 0 Å². The minimum atomic E-state index is -0.801. The van der Waals surface area contributed by atoms with Crippen LogP contribution in [0.5, 0.6) is 0 Å². The molecule has 0 aromatic rings. The Kier molecular flexibility index (Phi) is 4.11. The molecule has 0 amide bonds. The van der Waals surface area contributed by atoms with Gasteiger partial charge in [0.25, 0.3) is 0 Å². The summed E-state index contributed by atoms with van der Waals surface area (Å²) in [6.45, 7) is 9.52. The van der Waals surface area contributed by atoms with Crippen molar-refractivity contribution < 1.29 is 9.90 Å². The zero-order valence-electron chi connectivity index (χ0n) is 9.09. The van der Waals surface area contributed by atoms with Gasteiger partial charge >= 0.3 is 5.97 Å². The van der Waals surface area contributed by atoms with Gasteiger partial charge in [-0.05, 0) is 34.1 Å². The van der Waals surface area contributed by atoms with Gasteiger partial charge in [0, 0.05) is 5.71 Å². The van der Waals surface area contributed by atoms with E-state index in [4.69, 9.17) is 5.11 Å². The molecule has 1 N–H and O–H groups in total. The fraction of sp³-hybridized carbons (Fsp3) is 0.800. The second-order valence-electron chi connectivity index (χ2n) is 4.19. The topological polar surface area (TPSA) is 49.7 Å². The predicted molar refractivity (Wildman–Crippen MR) is 54.3 cm³/mol. The third kappa shape index (κ3) is 4.65. The molecule has 0 spiro atoms. The molecule has 3 nitrogen and oxygen atoms in total. The molecule has 0 heterocycles. The number of hydrogen-bond acceptors (Lipinski definition) is 2. The number of nitrogens with zero attached hydrogens (tertiary/aromatic N) is 1. The van der Waals surface area contributed by atoms with E-state index in [0.717, 1.165) is 5.71 Å². The van der Waals surface area contributed by atoms with Gasteiger partial charge in [-0.25, -0.2) is 0 Å². The molecular formula is C10H19NO2. The molecule has 0 aliphatic heterocycles. The lowest BCUT2D eigenvalue weighted by Crippen LogP contribution is -2.24. The summed E-state index contributed by atoms with van der Waals surface area (Å²) in [7, 11) is 0. The largest absolute Gasteiger partial charge is 0.481 e. The van der Waals surface area contributed by atoms with Crippen molar-refractivity contribution in [3.8, 4) is 0 Å². The number of aliphatic imine (C=N–C) groups is 1. The van der Waals surface area contributed by atoms with E-state index in [9.17, 15) is 4.79 Å². The van der Waals surface area contributed by atoms with Crippen LogP contribution in [0.1, 0.15) is 41.0 Å². The lowest BCUT2D eigenvalue weighted by molar-refractivity contribution is -0.138. The molecule has 0 bridgehead atoms. The van der Waals surface area contributed by atoms with Crippen molar-refractivity contribution in [2.45, 2.75) is 46.6 Å². The van der Waals surface area contributed by atoms with Crippen molar-refractivity contribution in [2.75, 3.05) is 0 Å². The molecule has 0 aromatic carbocycles. The average molecular weight is 185 g/mol.